The number of hydrogen-bond acceptors (Lipinski definition) is 0. The Morgan fingerprint density at radius 1 is 1.07 bits per heavy atom. The maximum atomic E-state index is 2.43. The van der Waals surface area contributed by atoms with Crippen LogP contribution in [0.15, 0.2) is 30.3 Å². The molecule has 0 bridgehead atoms. The van der Waals surface area contributed by atoms with Crippen molar-refractivity contribution in [2.75, 3.05) is 0 Å². The molecule has 0 amide bonds. The molecule has 15 heavy (non-hydrogen) atoms. The van der Waals surface area contributed by atoms with Crippen LogP contribution in [-0.4, -0.2) is 6.71 Å². The summed E-state index contributed by atoms with van der Waals surface area (Å²) in [5, 5.41) is 0. The van der Waals surface area contributed by atoms with Gasteiger partial charge < -0.3 is 0 Å². The molecule has 0 unspecified atom stereocenters. The Balaban J connectivity index is 1.88. The quantitative estimate of drug-likeness (QED) is 0.640. The second kappa shape index (κ2) is 5.39. The Bertz CT molecular complexity index is 275. The van der Waals surface area contributed by atoms with E-state index in [4.69, 9.17) is 0 Å². The van der Waals surface area contributed by atoms with E-state index in [0.29, 0.717) is 0 Å². The third-order valence-electron chi connectivity index (χ3n) is 3.86. The van der Waals surface area contributed by atoms with E-state index in [9.17, 15) is 0 Å². The highest BCUT2D eigenvalue weighted by Crippen LogP contribution is 2.32. The molecule has 1 saturated carbocycles. The van der Waals surface area contributed by atoms with Crippen LogP contribution < -0.4 is 0 Å². The normalized spacial score (nSPS) is 17.7. The minimum absolute atomic E-state index is 0.868. The number of benzene rings is 1. The zero-order valence-corrected chi connectivity index (χ0v) is 9.78. The lowest BCUT2D eigenvalue weighted by molar-refractivity contribution is 0.496. The molecule has 1 heteroatoms. The van der Waals surface area contributed by atoms with Crippen molar-refractivity contribution in [3.05, 3.63) is 35.9 Å². The van der Waals surface area contributed by atoms with Crippen LogP contribution in [0, 0.1) is 0 Å². The van der Waals surface area contributed by atoms with Crippen molar-refractivity contribution >= 4 is 6.71 Å². The van der Waals surface area contributed by atoms with E-state index in [2.05, 4.69) is 37.2 Å². The summed E-state index contributed by atoms with van der Waals surface area (Å²) in [5.74, 6) is 0.985. The Labute approximate surface area is 94.2 Å². The van der Waals surface area contributed by atoms with Gasteiger partial charge in [-0.15, -0.1) is 0 Å². The maximum absolute atomic E-state index is 2.43. The first-order valence-corrected chi connectivity index (χ1v) is 6.40. The van der Waals surface area contributed by atoms with Crippen LogP contribution in [0.5, 0.6) is 0 Å². The molecule has 80 valence electrons. The monoisotopic (exact) mass is 200 g/mol. The average Bonchev–Trinajstić information content (AvgIpc) is 2.31. The molecule has 0 saturated heterocycles. The third kappa shape index (κ3) is 3.12. The summed E-state index contributed by atoms with van der Waals surface area (Å²) in [6.45, 7) is 3.30. The average molecular weight is 200 g/mol. The topological polar surface area (TPSA) is 0 Å². The molecule has 0 atom stereocenters. The first-order chi connectivity index (χ1) is 7.36. The molecule has 2 rings (SSSR count). The van der Waals surface area contributed by atoms with Crippen LogP contribution in [-0.2, 0) is 6.32 Å². The standard InChI is InChI=1S/C14H21B/c1-15(14-10-6-3-7-11-14)12-13-8-4-2-5-9-13/h2,4-5,8-9,14H,3,6-7,10-12H2,1H3. The first kappa shape index (κ1) is 10.8. The van der Waals surface area contributed by atoms with E-state index in [1.54, 1.807) is 0 Å². The van der Waals surface area contributed by atoms with Gasteiger partial charge in [-0.05, 0) is 6.32 Å². The highest BCUT2D eigenvalue weighted by atomic mass is 14.1. The van der Waals surface area contributed by atoms with Crippen LogP contribution in [0.25, 0.3) is 0 Å². The zero-order valence-electron chi connectivity index (χ0n) is 9.78. The number of hydrogen-bond donors (Lipinski definition) is 0. The summed E-state index contributed by atoms with van der Waals surface area (Å²) in [6.07, 6.45) is 8.59. The largest absolute Gasteiger partial charge is 0.144 e. The summed E-state index contributed by atoms with van der Waals surface area (Å²) in [4.78, 5) is 0. The molecule has 0 heterocycles. The van der Waals surface area contributed by atoms with Crippen LogP contribution in [0.4, 0.5) is 0 Å². The minimum atomic E-state index is 0.868. The predicted octanol–water partition coefficient (Wildman–Crippen LogP) is 4.23. The van der Waals surface area contributed by atoms with Crippen molar-refractivity contribution < 1.29 is 0 Å². The van der Waals surface area contributed by atoms with Crippen LogP contribution in [0.2, 0.25) is 12.6 Å². The summed E-state index contributed by atoms with van der Waals surface area (Å²) in [5.41, 5.74) is 1.51. The third-order valence-corrected chi connectivity index (χ3v) is 3.86. The Morgan fingerprint density at radius 3 is 2.40 bits per heavy atom. The van der Waals surface area contributed by atoms with E-state index in [0.717, 1.165) is 12.5 Å². The molecular formula is C14H21B. The lowest BCUT2D eigenvalue weighted by Gasteiger charge is -2.25. The van der Waals surface area contributed by atoms with Crippen LogP contribution in [0.3, 0.4) is 0 Å². The molecule has 0 radical (unpaired) electrons. The van der Waals surface area contributed by atoms with Crippen molar-refractivity contribution in [1.29, 1.82) is 0 Å². The minimum Gasteiger partial charge on any atom is -0.0856 e. The predicted molar refractivity (Wildman–Crippen MR) is 68.6 cm³/mol. The van der Waals surface area contributed by atoms with Crippen LogP contribution in [0.1, 0.15) is 37.7 Å². The van der Waals surface area contributed by atoms with Gasteiger partial charge in [0.05, 0.1) is 0 Å². The van der Waals surface area contributed by atoms with E-state index < -0.39 is 0 Å². The van der Waals surface area contributed by atoms with Crippen molar-refractivity contribution in [2.24, 2.45) is 0 Å². The smallest absolute Gasteiger partial charge is 0.0856 e. The maximum Gasteiger partial charge on any atom is 0.144 e. The highest BCUT2D eigenvalue weighted by molar-refractivity contribution is 6.58. The molecule has 1 aliphatic rings. The molecule has 0 N–H and O–H groups in total. The molecule has 1 aliphatic carbocycles. The summed E-state index contributed by atoms with van der Waals surface area (Å²) >= 11 is 0. The van der Waals surface area contributed by atoms with E-state index in [1.807, 2.05) is 0 Å². The number of rotatable bonds is 3. The Hall–Kier alpha value is -0.715. The second-order valence-electron chi connectivity index (χ2n) is 5.07. The van der Waals surface area contributed by atoms with Gasteiger partial charge in [0.2, 0.25) is 0 Å². The Morgan fingerprint density at radius 2 is 1.73 bits per heavy atom. The van der Waals surface area contributed by atoms with Gasteiger partial charge in [0.25, 0.3) is 0 Å². The van der Waals surface area contributed by atoms with Crippen molar-refractivity contribution in [3.63, 3.8) is 0 Å². The molecule has 0 spiro atoms. The fourth-order valence-electron chi connectivity index (χ4n) is 2.86. The summed E-state index contributed by atoms with van der Waals surface area (Å²) in [7, 11) is 0. The highest BCUT2D eigenvalue weighted by Gasteiger charge is 2.22. The van der Waals surface area contributed by atoms with E-state index in [1.165, 1.54) is 44.0 Å². The van der Waals surface area contributed by atoms with Gasteiger partial charge in [0.1, 0.15) is 6.71 Å². The van der Waals surface area contributed by atoms with Gasteiger partial charge in [0.15, 0.2) is 0 Å². The Kier molecular flexibility index (Phi) is 3.88. The fourth-order valence-corrected chi connectivity index (χ4v) is 2.86. The molecule has 1 aromatic rings. The zero-order chi connectivity index (χ0) is 10.5. The molecule has 1 fully saturated rings. The van der Waals surface area contributed by atoms with Crippen LogP contribution >= 0.6 is 0 Å². The van der Waals surface area contributed by atoms with Gasteiger partial charge >= 0.3 is 0 Å². The first-order valence-electron chi connectivity index (χ1n) is 6.40. The van der Waals surface area contributed by atoms with Gasteiger partial charge in [-0.25, -0.2) is 0 Å². The van der Waals surface area contributed by atoms with Gasteiger partial charge in [0, 0.05) is 0 Å². The van der Waals surface area contributed by atoms with Crippen molar-refractivity contribution in [3.8, 4) is 0 Å². The van der Waals surface area contributed by atoms with Gasteiger partial charge in [-0.3, -0.25) is 0 Å². The van der Waals surface area contributed by atoms with E-state index >= 15 is 0 Å². The SMILES string of the molecule is CB(Cc1ccccc1)C1CCCCC1. The van der Waals surface area contributed by atoms with Gasteiger partial charge in [-0.1, -0.05) is 80.6 Å². The van der Waals surface area contributed by atoms with Gasteiger partial charge in [-0.2, -0.15) is 0 Å². The summed E-state index contributed by atoms with van der Waals surface area (Å²) < 4.78 is 0. The lowest BCUT2D eigenvalue weighted by atomic mass is 9.38. The molecule has 0 aliphatic heterocycles. The molecule has 0 aromatic heterocycles. The second-order valence-corrected chi connectivity index (χ2v) is 5.07. The molecule has 0 nitrogen and oxygen atoms in total. The fraction of sp³-hybridized carbons (Fsp3) is 0.571. The van der Waals surface area contributed by atoms with Crippen molar-refractivity contribution in [2.45, 2.75) is 51.1 Å². The van der Waals surface area contributed by atoms with Crippen molar-refractivity contribution in [1.82, 2.24) is 0 Å². The molecule has 1 aromatic carbocycles. The molecular weight excluding hydrogens is 179 g/mol. The lowest BCUT2D eigenvalue weighted by Crippen LogP contribution is -2.22. The van der Waals surface area contributed by atoms with E-state index in [-0.39, 0.29) is 0 Å². The summed E-state index contributed by atoms with van der Waals surface area (Å²) in [6, 6.07) is 10.9.